The zero-order valence-electron chi connectivity index (χ0n) is 29.8. The second kappa shape index (κ2) is 17.1. The summed E-state index contributed by atoms with van der Waals surface area (Å²) in [5.41, 5.74) is 1.09. The fraction of sp³-hybridized carbons (Fsp3) is 0.514. The van der Waals surface area contributed by atoms with E-state index in [0.29, 0.717) is 30.2 Å². The predicted octanol–water partition coefficient (Wildman–Crippen LogP) is 5.06. The number of rotatable bonds is 9. The molecule has 1 aliphatic rings. The number of likely N-dealkylation sites (N-methyl/N-ethyl adjacent to an activating group) is 1. The van der Waals surface area contributed by atoms with Crippen LogP contribution in [0, 0.1) is 19.8 Å². The topological polar surface area (TPSA) is 173 Å². The molecule has 2 aromatic carbocycles. The predicted molar refractivity (Wildman–Crippen MR) is 188 cm³/mol. The summed E-state index contributed by atoms with van der Waals surface area (Å²) in [6.45, 7) is 9.15. The maximum Gasteiger partial charge on any atom is 0.321 e. The van der Waals surface area contributed by atoms with Gasteiger partial charge in [-0.2, -0.15) is 0 Å². The van der Waals surface area contributed by atoms with Crippen LogP contribution >= 0.6 is 0 Å². The van der Waals surface area contributed by atoms with E-state index in [1.165, 1.54) is 30.9 Å². The molecule has 3 aromatic rings. The van der Waals surface area contributed by atoms with Crippen LogP contribution in [0.25, 0.3) is 0 Å². The molecule has 0 aliphatic carbocycles. The summed E-state index contributed by atoms with van der Waals surface area (Å²) >= 11 is 0. The molecule has 0 saturated carbocycles. The molecule has 3 N–H and O–H groups in total. The van der Waals surface area contributed by atoms with E-state index in [2.05, 4.69) is 15.2 Å². The van der Waals surface area contributed by atoms with E-state index in [0.717, 1.165) is 12.8 Å². The van der Waals surface area contributed by atoms with Gasteiger partial charge in [-0.3, -0.25) is 9.52 Å². The van der Waals surface area contributed by atoms with Crippen molar-refractivity contribution in [1.82, 2.24) is 15.0 Å². The summed E-state index contributed by atoms with van der Waals surface area (Å²) < 4.78 is 52.1. The van der Waals surface area contributed by atoms with Crippen LogP contribution in [0.2, 0.25) is 0 Å². The molecule has 4 rings (SSSR count). The minimum absolute atomic E-state index is 0.0770. The summed E-state index contributed by atoms with van der Waals surface area (Å²) in [4.78, 5) is 30.6. The molecule has 0 radical (unpaired) electrons. The first kappa shape index (κ1) is 38.5. The molecule has 14 nitrogen and oxygen atoms in total. The lowest BCUT2D eigenvalue weighted by atomic mass is 10.0. The molecule has 0 fully saturated rings. The van der Waals surface area contributed by atoms with Crippen LogP contribution in [-0.4, -0.2) is 99.1 Å². The van der Waals surface area contributed by atoms with E-state index < -0.39 is 28.1 Å². The zero-order valence-corrected chi connectivity index (χ0v) is 30.6. The molecule has 0 spiro atoms. The van der Waals surface area contributed by atoms with Gasteiger partial charge in [0.25, 0.3) is 15.9 Å². The summed E-state index contributed by atoms with van der Waals surface area (Å²) in [5, 5.41) is 16.9. The van der Waals surface area contributed by atoms with E-state index in [1.807, 2.05) is 13.8 Å². The molecule has 15 heteroatoms. The van der Waals surface area contributed by atoms with Crippen molar-refractivity contribution in [2.45, 2.75) is 77.0 Å². The van der Waals surface area contributed by atoms with Crippen LogP contribution < -0.4 is 19.5 Å². The Labute approximate surface area is 294 Å². The van der Waals surface area contributed by atoms with Crippen molar-refractivity contribution in [2.24, 2.45) is 5.92 Å². The highest BCUT2D eigenvalue weighted by Crippen LogP contribution is 2.30. The molecule has 3 amide bonds. The average molecular weight is 716 g/mol. The Balaban J connectivity index is 1.62. The second-order valence-corrected chi connectivity index (χ2v) is 14.4. The van der Waals surface area contributed by atoms with Gasteiger partial charge in [0.15, 0.2) is 10.7 Å². The average Bonchev–Trinajstić information content (AvgIpc) is 3.44. The number of aliphatic hydroxyl groups excluding tert-OH is 1. The molecule has 2 heterocycles. The normalized spacial score (nSPS) is 19.8. The van der Waals surface area contributed by atoms with Crippen molar-refractivity contribution in [3.63, 3.8) is 0 Å². The smallest absolute Gasteiger partial charge is 0.321 e. The molecule has 50 heavy (non-hydrogen) atoms. The number of aromatic nitrogens is 1. The van der Waals surface area contributed by atoms with Crippen molar-refractivity contribution in [3.05, 3.63) is 59.5 Å². The first-order chi connectivity index (χ1) is 23.7. The minimum Gasteiger partial charge on any atom is -0.497 e. The number of carbonyl (C=O) groups excluding carboxylic acids is 2. The zero-order chi connectivity index (χ0) is 36.6. The maximum atomic E-state index is 14.4. The van der Waals surface area contributed by atoms with Crippen molar-refractivity contribution in [3.8, 4) is 11.5 Å². The number of methoxy groups -OCH3 is 1. The van der Waals surface area contributed by atoms with Gasteiger partial charge in [0, 0.05) is 44.0 Å². The van der Waals surface area contributed by atoms with Crippen molar-refractivity contribution < 1.29 is 41.8 Å². The third-order valence-electron chi connectivity index (χ3n) is 8.68. The SMILES string of the molecule is COc1ccc(NC(=O)N(C)C[C@H]2OCCCC[C@@H](C)Oc3ccc(NS(=O)(=O)c4c(C)noc4C)cc3C(=O)N([C@@H](C)CO)C[C@H]2C)cc1. The van der Waals surface area contributed by atoms with Gasteiger partial charge in [0.2, 0.25) is 0 Å². The Bertz CT molecular complexity index is 1690. The third kappa shape index (κ3) is 9.67. The number of sulfonamides is 1. The molecule has 1 aliphatic heterocycles. The van der Waals surface area contributed by atoms with Gasteiger partial charge < -0.3 is 39.0 Å². The Morgan fingerprint density at radius 1 is 1.14 bits per heavy atom. The number of nitrogens with one attached hydrogen (secondary N) is 2. The van der Waals surface area contributed by atoms with Gasteiger partial charge in [-0.15, -0.1) is 0 Å². The number of carbonyl (C=O) groups is 2. The number of amides is 3. The van der Waals surface area contributed by atoms with Crippen LogP contribution in [0.3, 0.4) is 0 Å². The summed E-state index contributed by atoms with van der Waals surface area (Å²) in [7, 11) is -0.846. The largest absolute Gasteiger partial charge is 0.497 e. The van der Waals surface area contributed by atoms with Crippen molar-refractivity contribution >= 4 is 33.3 Å². The number of hydrogen-bond acceptors (Lipinski definition) is 10. The molecule has 0 bridgehead atoms. The Hall–Kier alpha value is -4.34. The van der Waals surface area contributed by atoms with E-state index in [-0.39, 0.29) is 65.3 Å². The molecular formula is C35H49N5O9S. The minimum atomic E-state index is -4.10. The number of ether oxygens (including phenoxy) is 3. The molecule has 4 atom stereocenters. The first-order valence-electron chi connectivity index (χ1n) is 16.7. The summed E-state index contributed by atoms with van der Waals surface area (Å²) in [5.74, 6) is 0.370. The summed E-state index contributed by atoms with van der Waals surface area (Å²) in [6.07, 6.45) is 1.51. The number of hydrogen-bond donors (Lipinski definition) is 3. The number of nitrogens with zero attached hydrogens (tertiary/aromatic N) is 3. The summed E-state index contributed by atoms with van der Waals surface area (Å²) in [6, 6.07) is 10.6. The molecule has 274 valence electrons. The highest BCUT2D eigenvalue weighted by molar-refractivity contribution is 7.92. The molecular weight excluding hydrogens is 666 g/mol. The second-order valence-electron chi connectivity index (χ2n) is 12.8. The number of urea groups is 1. The van der Waals surface area contributed by atoms with Gasteiger partial charge >= 0.3 is 6.03 Å². The van der Waals surface area contributed by atoms with Gasteiger partial charge in [-0.05, 0) is 89.4 Å². The number of fused-ring (bicyclic) bond motifs is 1. The molecule has 0 unspecified atom stereocenters. The lowest BCUT2D eigenvalue weighted by Crippen LogP contribution is -2.48. The molecule has 1 aromatic heterocycles. The van der Waals surface area contributed by atoms with Crippen molar-refractivity contribution in [1.29, 1.82) is 0 Å². The van der Waals surface area contributed by atoms with Gasteiger partial charge in [0.1, 0.15) is 17.2 Å². The van der Waals surface area contributed by atoms with E-state index in [4.69, 9.17) is 18.7 Å². The van der Waals surface area contributed by atoms with Gasteiger partial charge in [-0.25, -0.2) is 13.2 Å². The van der Waals surface area contributed by atoms with Crippen LogP contribution in [0.1, 0.15) is 61.8 Å². The van der Waals surface area contributed by atoms with E-state index >= 15 is 0 Å². The fourth-order valence-corrected chi connectivity index (χ4v) is 7.14. The lowest BCUT2D eigenvalue weighted by Gasteiger charge is -2.35. The number of aliphatic hydroxyl groups is 1. The highest BCUT2D eigenvalue weighted by Gasteiger charge is 2.32. The van der Waals surface area contributed by atoms with Gasteiger partial charge in [-0.1, -0.05) is 12.1 Å². The first-order valence-corrected chi connectivity index (χ1v) is 18.2. The number of aryl methyl sites for hydroxylation is 2. The monoisotopic (exact) mass is 715 g/mol. The Morgan fingerprint density at radius 2 is 1.84 bits per heavy atom. The number of anilines is 2. The number of benzene rings is 2. The Kier molecular flexibility index (Phi) is 13.1. The lowest BCUT2D eigenvalue weighted by molar-refractivity contribution is -0.0115. The van der Waals surface area contributed by atoms with Crippen molar-refractivity contribution in [2.75, 3.05) is 50.5 Å². The van der Waals surface area contributed by atoms with E-state index in [9.17, 15) is 23.1 Å². The van der Waals surface area contributed by atoms with Crippen LogP contribution in [0.4, 0.5) is 16.2 Å². The van der Waals surface area contributed by atoms with Crippen LogP contribution in [-0.2, 0) is 14.8 Å². The van der Waals surface area contributed by atoms with Crippen LogP contribution in [0.15, 0.2) is 51.9 Å². The highest BCUT2D eigenvalue weighted by atomic mass is 32.2. The third-order valence-corrected chi connectivity index (χ3v) is 10.3. The maximum absolute atomic E-state index is 14.4. The quantitative estimate of drug-likeness (QED) is 0.272. The molecule has 0 saturated heterocycles. The van der Waals surface area contributed by atoms with Gasteiger partial charge in [0.05, 0.1) is 37.5 Å². The van der Waals surface area contributed by atoms with E-state index in [1.54, 1.807) is 56.3 Å². The Morgan fingerprint density at radius 3 is 2.48 bits per heavy atom. The fourth-order valence-electron chi connectivity index (χ4n) is 5.76. The standard InChI is InChI=1S/C35H49N5O9S/c1-22-19-40(23(2)21-41)34(42)30-18-28(38-50(44,45)33-25(4)37-49-26(33)5)13-16-31(30)48-24(3)10-8-9-17-47-32(22)20-39(6)35(43)36-27-11-14-29(46-7)15-12-27/h11-16,18,22-24,32,38,41H,8-10,17,19-21H2,1-7H3,(H,36,43)/t22-,23+,24-,32-/m1/s1. The van der Waals surface area contributed by atoms with Crippen LogP contribution in [0.5, 0.6) is 11.5 Å².